The molecule has 6 nitrogen and oxygen atoms in total. The average molecular weight is 344 g/mol. The molecule has 0 aliphatic carbocycles. The number of aromatic nitrogens is 1. The maximum Gasteiger partial charge on any atom is 0.191 e. The molecule has 0 radical (unpaired) electrons. The zero-order chi connectivity index (χ0) is 18.1. The summed E-state index contributed by atoms with van der Waals surface area (Å²) in [7, 11) is 1.70. The van der Waals surface area contributed by atoms with Crippen LogP contribution in [-0.4, -0.2) is 31.3 Å². The predicted molar refractivity (Wildman–Crippen MR) is 100 cm³/mol. The van der Waals surface area contributed by atoms with Crippen LogP contribution < -0.4 is 15.4 Å². The van der Waals surface area contributed by atoms with E-state index in [2.05, 4.69) is 45.9 Å². The Morgan fingerprint density at radius 2 is 2.08 bits per heavy atom. The first kappa shape index (κ1) is 18.8. The van der Waals surface area contributed by atoms with Crippen molar-refractivity contribution in [2.24, 2.45) is 4.99 Å². The summed E-state index contributed by atoms with van der Waals surface area (Å²) in [5.74, 6) is 2.48. The summed E-state index contributed by atoms with van der Waals surface area (Å²) in [4.78, 5) is 4.55. The largest absolute Gasteiger partial charge is 0.496 e. The number of hydrogen-bond acceptors (Lipinski definition) is 4. The number of ether oxygens (including phenoxy) is 1. The van der Waals surface area contributed by atoms with Crippen molar-refractivity contribution in [1.29, 1.82) is 0 Å². The molecule has 2 aromatic rings. The maximum absolute atomic E-state index is 5.38. The van der Waals surface area contributed by atoms with Gasteiger partial charge in [0.25, 0.3) is 0 Å². The zero-order valence-electron chi connectivity index (χ0n) is 15.6. The van der Waals surface area contributed by atoms with Crippen LogP contribution in [0.25, 0.3) is 0 Å². The Morgan fingerprint density at radius 3 is 2.76 bits per heavy atom. The van der Waals surface area contributed by atoms with E-state index in [-0.39, 0.29) is 0 Å². The quantitative estimate of drug-likeness (QED) is 0.569. The summed E-state index contributed by atoms with van der Waals surface area (Å²) < 4.78 is 10.6. The highest BCUT2D eigenvalue weighted by Gasteiger charge is 2.04. The molecule has 2 N–H and O–H groups in total. The lowest BCUT2D eigenvalue weighted by atomic mass is 10.1. The molecule has 0 saturated heterocycles. The van der Waals surface area contributed by atoms with Gasteiger partial charge in [0.1, 0.15) is 12.3 Å². The Hall–Kier alpha value is -2.50. The van der Waals surface area contributed by atoms with Gasteiger partial charge < -0.3 is 19.9 Å². The average Bonchev–Trinajstić information content (AvgIpc) is 3.09. The van der Waals surface area contributed by atoms with E-state index in [0.717, 1.165) is 54.7 Å². The van der Waals surface area contributed by atoms with Gasteiger partial charge in [-0.15, -0.1) is 0 Å². The molecule has 0 bridgehead atoms. The maximum atomic E-state index is 5.38. The third kappa shape index (κ3) is 5.81. The second-order valence-electron chi connectivity index (χ2n) is 5.81. The first-order valence-electron chi connectivity index (χ1n) is 8.76. The monoisotopic (exact) mass is 344 g/mol. The van der Waals surface area contributed by atoms with Crippen LogP contribution in [0.1, 0.15) is 36.4 Å². The summed E-state index contributed by atoms with van der Waals surface area (Å²) >= 11 is 0. The third-order valence-electron chi connectivity index (χ3n) is 3.89. The van der Waals surface area contributed by atoms with Crippen molar-refractivity contribution in [2.45, 2.75) is 40.2 Å². The molecule has 2 rings (SSSR count). The molecule has 0 fully saturated rings. The van der Waals surface area contributed by atoms with Crippen molar-refractivity contribution in [2.75, 3.05) is 20.2 Å². The number of benzene rings is 1. The number of rotatable bonds is 8. The van der Waals surface area contributed by atoms with Crippen molar-refractivity contribution >= 4 is 5.96 Å². The molecule has 0 atom stereocenters. The van der Waals surface area contributed by atoms with E-state index >= 15 is 0 Å². The first-order chi connectivity index (χ1) is 12.2. The molecule has 0 saturated carbocycles. The van der Waals surface area contributed by atoms with E-state index in [9.17, 15) is 0 Å². The van der Waals surface area contributed by atoms with Gasteiger partial charge in [-0.05, 0) is 43.9 Å². The van der Waals surface area contributed by atoms with Crippen LogP contribution >= 0.6 is 0 Å². The fourth-order valence-corrected chi connectivity index (χ4v) is 2.44. The van der Waals surface area contributed by atoms with Gasteiger partial charge in [0.05, 0.1) is 12.8 Å². The fourth-order valence-electron chi connectivity index (χ4n) is 2.44. The molecular weight excluding hydrogens is 316 g/mol. The summed E-state index contributed by atoms with van der Waals surface area (Å²) in [6.07, 6.45) is 1.76. The molecule has 0 aliphatic heterocycles. The van der Waals surface area contributed by atoms with Crippen molar-refractivity contribution in [3.05, 3.63) is 46.8 Å². The van der Waals surface area contributed by atoms with Crippen molar-refractivity contribution in [3.8, 4) is 5.75 Å². The minimum atomic E-state index is 0.473. The van der Waals surface area contributed by atoms with Crippen LogP contribution in [0.3, 0.4) is 0 Å². The highest BCUT2D eigenvalue weighted by Crippen LogP contribution is 2.19. The summed E-state index contributed by atoms with van der Waals surface area (Å²) in [5.41, 5.74) is 3.33. The molecule has 1 heterocycles. The van der Waals surface area contributed by atoms with E-state index < -0.39 is 0 Å². The molecule has 0 unspecified atom stereocenters. The summed E-state index contributed by atoms with van der Waals surface area (Å²) in [6, 6.07) is 8.25. The van der Waals surface area contributed by atoms with Gasteiger partial charge in [0, 0.05) is 19.2 Å². The van der Waals surface area contributed by atoms with Crippen LogP contribution in [-0.2, 0) is 19.4 Å². The van der Waals surface area contributed by atoms with Crippen LogP contribution in [0.15, 0.2) is 33.8 Å². The number of aryl methyl sites for hydroxylation is 2. The number of aliphatic imine (C=N–C) groups is 1. The van der Waals surface area contributed by atoms with Crippen LogP contribution in [0.4, 0.5) is 0 Å². The van der Waals surface area contributed by atoms with Gasteiger partial charge in [-0.3, -0.25) is 0 Å². The predicted octanol–water partition coefficient (Wildman–Crippen LogP) is 2.85. The third-order valence-corrected chi connectivity index (χ3v) is 3.89. The van der Waals surface area contributed by atoms with Crippen molar-refractivity contribution in [3.63, 3.8) is 0 Å². The molecule has 136 valence electrons. The zero-order valence-corrected chi connectivity index (χ0v) is 15.6. The van der Waals surface area contributed by atoms with Gasteiger partial charge in [-0.25, -0.2) is 4.99 Å². The second kappa shape index (κ2) is 9.71. The fraction of sp³-hybridized carbons (Fsp3) is 0.474. The van der Waals surface area contributed by atoms with Gasteiger partial charge >= 0.3 is 0 Å². The molecule has 0 amide bonds. The lowest BCUT2D eigenvalue weighted by Gasteiger charge is -2.12. The van der Waals surface area contributed by atoms with Crippen LogP contribution in [0, 0.1) is 6.92 Å². The second-order valence-corrected chi connectivity index (χ2v) is 5.81. The van der Waals surface area contributed by atoms with E-state index in [1.165, 1.54) is 5.56 Å². The summed E-state index contributed by atoms with van der Waals surface area (Å²) in [6.45, 7) is 8.21. The molecule has 0 spiro atoms. The minimum absolute atomic E-state index is 0.473. The Morgan fingerprint density at radius 1 is 1.24 bits per heavy atom. The molecule has 1 aromatic heterocycles. The Kier molecular flexibility index (Phi) is 7.32. The Labute approximate surface area is 149 Å². The molecule has 0 aliphatic rings. The normalized spacial score (nSPS) is 11.4. The number of methoxy groups -OCH3 is 1. The van der Waals surface area contributed by atoms with Gasteiger partial charge in [0.2, 0.25) is 0 Å². The summed E-state index contributed by atoms with van der Waals surface area (Å²) in [5, 5.41) is 10.6. The molecule has 6 heteroatoms. The highest BCUT2D eigenvalue weighted by atomic mass is 16.5. The van der Waals surface area contributed by atoms with Gasteiger partial charge in [-0.2, -0.15) is 0 Å². The number of guanidine groups is 1. The lowest BCUT2D eigenvalue weighted by molar-refractivity contribution is 0.379. The molecule has 1 aromatic carbocycles. The Bertz CT molecular complexity index is 694. The van der Waals surface area contributed by atoms with Crippen LogP contribution in [0.2, 0.25) is 0 Å². The lowest BCUT2D eigenvalue weighted by Crippen LogP contribution is -2.38. The van der Waals surface area contributed by atoms with E-state index in [1.807, 2.05) is 19.9 Å². The van der Waals surface area contributed by atoms with Gasteiger partial charge in [-0.1, -0.05) is 24.2 Å². The molecular formula is C19H28N4O2. The topological polar surface area (TPSA) is 71.7 Å². The SMILES string of the molecule is CCNC(=NCc1cc(CC)no1)NCCc1ccc(C)c(OC)c1. The number of nitrogens with one attached hydrogen (secondary N) is 2. The standard InChI is InChI=1S/C19H28N4O2/c1-5-16-12-17(25-23-16)13-22-19(20-6-2)21-10-9-15-8-7-14(3)18(11-15)24-4/h7-8,11-12H,5-6,9-10,13H2,1-4H3,(H2,20,21,22). The number of hydrogen-bond donors (Lipinski definition) is 2. The number of nitrogens with zero attached hydrogens (tertiary/aromatic N) is 2. The van der Waals surface area contributed by atoms with Crippen LogP contribution in [0.5, 0.6) is 5.75 Å². The van der Waals surface area contributed by atoms with Crippen molar-refractivity contribution in [1.82, 2.24) is 15.8 Å². The van der Waals surface area contributed by atoms with E-state index in [1.54, 1.807) is 7.11 Å². The van der Waals surface area contributed by atoms with E-state index in [0.29, 0.717) is 6.54 Å². The highest BCUT2D eigenvalue weighted by molar-refractivity contribution is 5.79. The minimum Gasteiger partial charge on any atom is -0.496 e. The van der Waals surface area contributed by atoms with Gasteiger partial charge in [0.15, 0.2) is 11.7 Å². The van der Waals surface area contributed by atoms with E-state index in [4.69, 9.17) is 9.26 Å². The Balaban J connectivity index is 1.89. The molecule has 25 heavy (non-hydrogen) atoms. The van der Waals surface area contributed by atoms with Crippen molar-refractivity contribution < 1.29 is 9.26 Å². The first-order valence-corrected chi connectivity index (χ1v) is 8.76. The smallest absolute Gasteiger partial charge is 0.191 e.